The molecule has 1 heterocycles. The van der Waals surface area contributed by atoms with Crippen molar-refractivity contribution in [1.82, 2.24) is 0 Å². The van der Waals surface area contributed by atoms with Crippen LogP contribution < -0.4 is 0 Å². The van der Waals surface area contributed by atoms with E-state index in [1.54, 1.807) is 24.3 Å². The number of rotatable bonds is 2. The van der Waals surface area contributed by atoms with Gasteiger partial charge < -0.3 is 0 Å². The summed E-state index contributed by atoms with van der Waals surface area (Å²) in [5.74, 6) is 0. The second-order valence-corrected chi connectivity index (χ2v) is 14.1. The molecule has 4 heteroatoms. The number of halogens is 3. The maximum atomic E-state index is 14.6. The van der Waals surface area contributed by atoms with Crippen LogP contribution >= 0.6 is 0 Å². The van der Waals surface area contributed by atoms with Crippen molar-refractivity contribution < 1.29 is 13.2 Å². The Hall–Kier alpha value is -4.89. The van der Waals surface area contributed by atoms with E-state index in [-0.39, 0.29) is 25.3 Å². The van der Waals surface area contributed by atoms with Gasteiger partial charge in [-0.25, -0.2) is 0 Å². The van der Waals surface area contributed by atoms with Crippen LogP contribution in [0.3, 0.4) is 0 Å². The molecule has 0 N–H and O–H groups in total. The Morgan fingerprint density at radius 1 is 0.457 bits per heavy atom. The zero-order chi connectivity index (χ0) is 31.2. The summed E-state index contributed by atoms with van der Waals surface area (Å²) >= 11 is -0.0432. The average molecular weight is 666 g/mol. The summed E-state index contributed by atoms with van der Waals surface area (Å²) in [6, 6.07) is 44.4. The van der Waals surface area contributed by atoms with Crippen LogP contribution in [-0.4, -0.2) is 14.5 Å². The van der Waals surface area contributed by atoms with Gasteiger partial charge in [0.2, 0.25) is 0 Å². The third kappa shape index (κ3) is 3.94. The number of hydrogen-bond acceptors (Lipinski definition) is 0. The normalized spacial score (nSPS) is 12.3. The molecule has 46 heavy (non-hydrogen) atoms. The van der Waals surface area contributed by atoms with E-state index in [0.717, 1.165) is 11.1 Å². The first kappa shape index (κ1) is 27.4. The Bertz CT molecular complexity index is 2580. The number of hydrogen-bond donors (Lipinski definition) is 0. The number of aryl methyl sites for hydroxylation is 1. The van der Waals surface area contributed by atoms with Crippen molar-refractivity contribution in [3.05, 3.63) is 145 Å². The first-order chi connectivity index (χ1) is 22.4. The minimum atomic E-state index is -4.47. The van der Waals surface area contributed by atoms with Crippen LogP contribution in [0.2, 0.25) is 0 Å². The van der Waals surface area contributed by atoms with Gasteiger partial charge in [-0.05, 0) is 0 Å². The third-order valence-corrected chi connectivity index (χ3v) is 12.0. The zero-order valence-corrected chi connectivity index (χ0v) is 26.5. The molecule has 0 aliphatic heterocycles. The molecule has 0 radical (unpaired) electrons. The zero-order valence-electron chi connectivity index (χ0n) is 24.7. The third-order valence-electron chi connectivity index (χ3n) is 9.47. The summed E-state index contributed by atoms with van der Waals surface area (Å²) in [6.07, 6.45) is -4.47. The Morgan fingerprint density at radius 2 is 0.935 bits per heavy atom. The molecule has 0 atom stereocenters. The predicted octanol–water partition coefficient (Wildman–Crippen LogP) is 12.3. The molecule has 0 saturated carbocycles. The fourth-order valence-corrected chi connectivity index (χ4v) is 10.2. The molecule has 0 aliphatic carbocycles. The van der Waals surface area contributed by atoms with Gasteiger partial charge in [-0.1, -0.05) is 0 Å². The van der Waals surface area contributed by atoms with Crippen molar-refractivity contribution in [3.8, 4) is 22.3 Å². The molecule has 0 spiro atoms. The van der Waals surface area contributed by atoms with Gasteiger partial charge in [0.05, 0.1) is 0 Å². The summed E-state index contributed by atoms with van der Waals surface area (Å²) in [5.41, 5.74) is 5.04. The van der Waals surface area contributed by atoms with Crippen molar-refractivity contribution in [2.45, 2.75) is 13.1 Å². The summed E-state index contributed by atoms with van der Waals surface area (Å²) < 4.78 is 46.2. The monoisotopic (exact) mass is 666 g/mol. The SMILES string of the molecule is Cc1c2ccccc2c(-c2ccc3c(c2)[se]c2c(-c4c5ccccc5c(C(F)(F)F)c5ccccc45)cccc23)c2ccccc12. The fourth-order valence-electron chi connectivity index (χ4n) is 7.53. The van der Waals surface area contributed by atoms with E-state index >= 15 is 0 Å². The maximum absolute atomic E-state index is 14.6. The van der Waals surface area contributed by atoms with E-state index in [4.69, 9.17) is 0 Å². The molecular weight excluding hydrogens is 640 g/mol. The van der Waals surface area contributed by atoms with Gasteiger partial charge >= 0.3 is 270 Å². The van der Waals surface area contributed by atoms with Crippen molar-refractivity contribution in [3.63, 3.8) is 0 Å². The molecule has 0 aliphatic rings. The molecule has 0 amide bonds. The second-order valence-electron chi connectivity index (χ2n) is 11.9. The Morgan fingerprint density at radius 3 is 1.48 bits per heavy atom. The van der Waals surface area contributed by atoms with Gasteiger partial charge in [0.25, 0.3) is 0 Å². The standard InChI is InChI=1S/C42H25F3Se/c1-24-26-11-2-4-13-29(26)38(30-14-5-3-12-27(24)30)25-21-22-28-35-19-10-20-36(41(35)46-37(28)23-25)39-31-15-6-8-17-33(31)40(42(43,44)45)34-18-9-7-16-32(34)39/h2-23H,1H3. The van der Waals surface area contributed by atoms with E-state index in [1.165, 1.54) is 57.5 Å². The predicted molar refractivity (Wildman–Crippen MR) is 189 cm³/mol. The summed E-state index contributed by atoms with van der Waals surface area (Å²) in [6.45, 7) is 2.20. The van der Waals surface area contributed by atoms with E-state index < -0.39 is 11.7 Å². The van der Waals surface area contributed by atoms with E-state index in [1.807, 2.05) is 24.3 Å². The Labute approximate surface area is 269 Å². The molecule has 0 unspecified atom stereocenters. The van der Waals surface area contributed by atoms with Crippen LogP contribution in [0.25, 0.3) is 84.6 Å². The first-order valence-electron chi connectivity index (χ1n) is 15.3. The molecule has 8 aromatic carbocycles. The van der Waals surface area contributed by atoms with Crippen molar-refractivity contribution in [2.24, 2.45) is 0 Å². The summed E-state index contributed by atoms with van der Waals surface area (Å²) in [7, 11) is 0. The molecule has 0 fully saturated rings. The molecule has 9 rings (SSSR count). The fraction of sp³-hybridized carbons (Fsp3) is 0.0476. The van der Waals surface area contributed by atoms with Crippen LogP contribution in [0, 0.1) is 6.92 Å². The minimum absolute atomic E-state index is 0.0432. The molecule has 220 valence electrons. The van der Waals surface area contributed by atoms with Gasteiger partial charge in [0.15, 0.2) is 0 Å². The van der Waals surface area contributed by atoms with Crippen LogP contribution in [-0.2, 0) is 6.18 Å². The van der Waals surface area contributed by atoms with Gasteiger partial charge in [-0.3, -0.25) is 0 Å². The van der Waals surface area contributed by atoms with Gasteiger partial charge in [0.1, 0.15) is 0 Å². The molecule has 1 aromatic heterocycles. The molecule has 0 saturated heterocycles. The summed E-state index contributed by atoms with van der Waals surface area (Å²) in [5, 5.41) is 9.12. The Kier molecular flexibility index (Phi) is 5.99. The van der Waals surface area contributed by atoms with Gasteiger partial charge in [-0.2, -0.15) is 0 Å². The van der Waals surface area contributed by atoms with Crippen molar-refractivity contribution in [2.75, 3.05) is 0 Å². The number of benzene rings is 8. The average Bonchev–Trinajstić information content (AvgIpc) is 3.45. The van der Waals surface area contributed by atoms with Crippen molar-refractivity contribution in [1.29, 1.82) is 0 Å². The molecule has 0 nitrogen and oxygen atoms in total. The topological polar surface area (TPSA) is 0 Å². The van der Waals surface area contributed by atoms with E-state index in [0.29, 0.717) is 10.8 Å². The van der Waals surface area contributed by atoms with Crippen LogP contribution in [0.1, 0.15) is 11.1 Å². The second kappa shape index (κ2) is 10.1. The van der Waals surface area contributed by atoms with E-state index in [2.05, 4.69) is 91.9 Å². The molecular formula is C42H25F3Se. The van der Waals surface area contributed by atoms with Crippen molar-refractivity contribution >= 4 is 76.9 Å². The van der Waals surface area contributed by atoms with Crippen LogP contribution in [0.4, 0.5) is 13.2 Å². The molecule has 0 bridgehead atoms. The summed E-state index contributed by atoms with van der Waals surface area (Å²) in [4.78, 5) is 0. The van der Waals surface area contributed by atoms with Crippen LogP contribution in [0.5, 0.6) is 0 Å². The van der Waals surface area contributed by atoms with Crippen LogP contribution in [0.15, 0.2) is 133 Å². The first-order valence-corrected chi connectivity index (χ1v) is 17.0. The number of alkyl halides is 3. The van der Waals surface area contributed by atoms with Gasteiger partial charge in [-0.15, -0.1) is 0 Å². The number of fused-ring (bicyclic) bond motifs is 7. The van der Waals surface area contributed by atoms with E-state index in [9.17, 15) is 13.2 Å². The van der Waals surface area contributed by atoms with Gasteiger partial charge in [0, 0.05) is 0 Å². The molecule has 9 aromatic rings. The Balaban J connectivity index is 1.35. The quantitative estimate of drug-likeness (QED) is 0.127.